The zero-order chi connectivity index (χ0) is 8.59. The standard InChI is InChI=1S/C8H17N3/c1-6-7(2)11(5)8(9-3)10(6)4/h6-7H,1-5H3. The molecule has 0 spiro atoms. The van der Waals surface area contributed by atoms with Gasteiger partial charge in [0.05, 0.1) is 0 Å². The number of likely N-dealkylation sites (N-methyl/N-ethyl adjacent to an activating group) is 2. The van der Waals surface area contributed by atoms with E-state index in [2.05, 4.69) is 42.7 Å². The first-order valence-corrected chi connectivity index (χ1v) is 4.02. The summed E-state index contributed by atoms with van der Waals surface area (Å²) in [6.45, 7) is 4.44. The molecule has 1 heterocycles. The lowest BCUT2D eigenvalue weighted by molar-refractivity contribution is 0.344. The minimum atomic E-state index is 0.568. The maximum absolute atomic E-state index is 4.22. The highest BCUT2D eigenvalue weighted by molar-refractivity contribution is 5.82. The van der Waals surface area contributed by atoms with Crippen molar-refractivity contribution in [3.8, 4) is 0 Å². The molecule has 0 aromatic rings. The number of hydrogen-bond donors (Lipinski definition) is 0. The second-order valence-corrected chi connectivity index (χ2v) is 3.23. The SMILES string of the molecule is CN=C1N(C)C(C)C(C)N1C. The fraction of sp³-hybridized carbons (Fsp3) is 0.875. The lowest BCUT2D eigenvalue weighted by Crippen LogP contribution is -2.30. The van der Waals surface area contributed by atoms with Crippen LogP contribution in [-0.4, -0.2) is 49.0 Å². The first kappa shape index (κ1) is 8.37. The van der Waals surface area contributed by atoms with Gasteiger partial charge in [0.2, 0.25) is 0 Å². The third-order valence-corrected chi connectivity index (χ3v) is 2.75. The first-order valence-electron chi connectivity index (χ1n) is 4.02. The Hall–Kier alpha value is -0.730. The Bertz CT molecular complexity index is 160. The Labute approximate surface area is 68.7 Å². The van der Waals surface area contributed by atoms with Crippen molar-refractivity contribution in [2.24, 2.45) is 4.99 Å². The van der Waals surface area contributed by atoms with Crippen LogP contribution in [0, 0.1) is 0 Å². The number of guanidine groups is 1. The van der Waals surface area contributed by atoms with Gasteiger partial charge in [-0.2, -0.15) is 0 Å². The zero-order valence-electron chi connectivity index (χ0n) is 8.00. The van der Waals surface area contributed by atoms with Crippen molar-refractivity contribution in [1.29, 1.82) is 0 Å². The van der Waals surface area contributed by atoms with Gasteiger partial charge in [-0.15, -0.1) is 0 Å². The summed E-state index contributed by atoms with van der Waals surface area (Å²) in [6, 6.07) is 1.14. The largest absolute Gasteiger partial charge is 0.341 e. The van der Waals surface area contributed by atoms with Crippen LogP contribution in [0.15, 0.2) is 4.99 Å². The van der Waals surface area contributed by atoms with Gasteiger partial charge < -0.3 is 9.80 Å². The summed E-state index contributed by atoms with van der Waals surface area (Å²) in [4.78, 5) is 8.64. The normalized spacial score (nSPS) is 31.5. The molecule has 0 aromatic carbocycles. The molecule has 0 bridgehead atoms. The second-order valence-electron chi connectivity index (χ2n) is 3.23. The summed E-state index contributed by atoms with van der Waals surface area (Å²) in [7, 11) is 6.02. The monoisotopic (exact) mass is 155 g/mol. The van der Waals surface area contributed by atoms with Crippen LogP contribution in [0.1, 0.15) is 13.8 Å². The van der Waals surface area contributed by atoms with Gasteiger partial charge in [0.15, 0.2) is 5.96 Å². The number of hydrogen-bond acceptors (Lipinski definition) is 1. The molecule has 0 radical (unpaired) electrons. The molecule has 0 saturated carbocycles. The number of rotatable bonds is 0. The Morgan fingerprint density at radius 3 is 1.64 bits per heavy atom. The van der Waals surface area contributed by atoms with E-state index < -0.39 is 0 Å². The predicted octanol–water partition coefficient (Wildman–Crippen LogP) is 0.626. The van der Waals surface area contributed by atoms with E-state index in [1.165, 1.54) is 0 Å². The van der Waals surface area contributed by atoms with E-state index >= 15 is 0 Å². The zero-order valence-corrected chi connectivity index (χ0v) is 8.00. The summed E-state index contributed by atoms with van der Waals surface area (Å²) >= 11 is 0. The van der Waals surface area contributed by atoms with Crippen LogP contribution >= 0.6 is 0 Å². The maximum Gasteiger partial charge on any atom is 0.196 e. The van der Waals surface area contributed by atoms with Crippen LogP contribution in [0.25, 0.3) is 0 Å². The molecule has 1 aliphatic rings. The van der Waals surface area contributed by atoms with Crippen LogP contribution in [0.5, 0.6) is 0 Å². The molecule has 11 heavy (non-hydrogen) atoms. The molecule has 3 heteroatoms. The summed E-state index contributed by atoms with van der Waals surface area (Å²) in [5.74, 6) is 1.09. The molecular weight excluding hydrogens is 138 g/mol. The average molecular weight is 155 g/mol. The van der Waals surface area contributed by atoms with Crippen LogP contribution in [0.4, 0.5) is 0 Å². The minimum Gasteiger partial charge on any atom is -0.341 e. The van der Waals surface area contributed by atoms with Crippen LogP contribution in [0.3, 0.4) is 0 Å². The molecule has 0 amide bonds. The summed E-state index contributed by atoms with van der Waals surface area (Å²) < 4.78 is 0. The van der Waals surface area contributed by atoms with Gasteiger partial charge >= 0.3 is 0 Å². The Morgan fingerprint density at radius 1 is 1.09 bits per heavy atom. The molecule has 2 atom stereocenters. The quantitative estimate of drug-likeness (QED) is 0.511. The van der Waals surface area contributed by atoms with E-state index in [9.17, 15) is 0 Å². The van der Waals surface area contributed by atoms with Crippen molar-refractivity contribution >= 4 is 5.96 Å². The minimum absolute atomic E-state index is 0.568. The van der Waals surface area contributed by atoms with Gasteiger partial charge in [0, 0.05) is 33.2 Å². The van der Waals surface area contributed by atoms with Gasteiger partial charge in [0.25, 0.3) is 0 Å². The van der Waals surface area contributed by atoms with Gasteiger partial charge in [-0.25, -0.2) is 0 Å². The summed E-state index contributed by atoms with van der Waals surface area (Å²) in [5.41, 5.74) is 0. The molecule has 2 unspecified atom stereocenters. The van der Waals surface area contributed by atoms with E-state index in [0.29, 0.717) is 12.1 Å². The third-order valence-electron chi connectivity index (χ3n) is 2.75. The summed E-state index contributed by atoms with van der Waals surface area (Å²) in [6.07, 6.45) is 0. The lowest BCUT2D eigenvalue weighted by Gasteiger charge is -2.16. The van der Waals surface area contributed by atoms with Gasteiger partial charge in [-0.05, 0) is 13.8 Å². The van der Waals surface area contributed by atoms with Gasteiger partial charge in [-0.3, -0.25) is 4.99 Å². The molecule has 64 valence electrons. The summed E-state index contributed by atoms with van der Waals surface area (Å²) in [5, 5.41) is 0. The van der Waals surface area contributed by atoms with Gasteiger partial charge in [0.1, 0.15) is 0 Å². The average Bonchev–Trinajstić information content (AvgIpc) is 2.17. The predicted molar refractivity (Wildman–Crippen MR) is 47.8 cm³/mol. The highest BCUT2D eigenvalue weighted by Crippen LogP contribution is 2.18. The van der Waals surface area contributed by atoms with Crippen LogP contribution in [0.2, 0.25) is 0 Å². The Balaban J connectivity index is 2.86. The number of nitrogens with zero attached hydrogens (tertiary/aromatic N) is 3. The van der Waals surface area contributed by atoms with Gasteiger partial charge in [-0.1, -0.05) is 0 Å². The molecule has 1 fully saturated rings. The van der Waals surface area contributed by atoms with E-state index in [1.54, 1.807) is 0 Å². The topological polar surface area (TPSA) is 18.8 Å². The fourth-order valence-electron chi connectivity index (χ4n) is 1.58. The van der Waals surface area contributed by atoms with Crippen molar-refractivity contribution in [2.45, 2.75) is 25.9 Å². The highest BCUT2D eigenvalue weighted by atomic mass is 15.4. The molecule has 0 aromatic heterocycles. The highest BCUT2D eigenvalue weighted by Gasteiger charge is 2.33. The smallest absolute Gasteiger partial charge is 0.196 e. The second kappa shape index (κ2) is 2.72. The third kappa shape index (κ3) is 1.08. The van der Waals surface area contributed by atoms with Crippen molar-refractivity contribution in [1.82, 2.24) is 9.80 Å². The molecule has 1 aliphatic heterocycles. The molecule has 1 rings (SSSR count). The lowest BCUT2D eigenvalue weighted by atomic mass is 10.2. The van der Waals surface area contributed by atoms with E-state index in [1.807, 2.05) is 7.05 Å². The molecule has 3 nitrogen and oxygen atoms in total. The Kier molecular flexibility index (Phi) is 2.07. The van der Waals surface area contributed by atoms with E-state index in [-0.39, 0.29) is 0 Å². The van der Waals surface area contributed by atoms with Crippen LogP contribution in [-0.2, 0) is 0 Å². The van der Waals surface area contributed by atoms with Crippen molar-refractivity contribution in [2.75, 3.05) is 21.1 Å². The van der Waals surface area contributed by atoms with Crippen LogP contribution < -0.4 is 0 Å². The Morgan fingerprint density at radius 2 is 1.45 bits per heavy atom. The molecule has 0 N–H and O–H groups in total. The van der Waals surface area contributed by atoms with Crippen molar-refractivity contribution in [3.05, 3.63) is 0 Å². The van der Waals surface area contributed by atoms with Crippen molar-refractivity contribution in [3.63, 3.8) is 0 Å². The first-order chi connectivity index (χ1) is 5.09. The molecular formula is C8H17N3. The molecule has 1 saturated heterocycles. The van der Waals surface area contributed by atoms with E-state index in [4.69, 9.17) is 0 Å². The molecule has 0 aliphatic carbocycles. The van der Waals surface area contributed by atoms with Crippen molar-refractivity contribution < 1.29 is 0 Å². The van der Waals surface area contributed by atoms with E-state index in [0.717, 1.165) is 5.96 Å². The fourth-order valence-corrected chi connectivity index (χ4v) is 1.58. The maximum atomic E-state index is 4.22. The number of aliphatic imine (C=N–C) groups is 1.